The Hall–Kier alpha value is -2.04. The van der Waals surface area contributed by atoms with Gasteiger partial charge < -0.3 is 14.6 Å². The highest BCUT2D eigenvalue weighted by atomic mass is 16.5. The molecule has 0 spiro atoms. The molecule has 0 saturated heterocycles. The maximum Gasteiger partial charge on any atom is 0.305 e. The van der Waals surface area contributed by atoms with Gasteiger partial charge in [0.05, 0.1) is 19.8 Å². The van der Waals surface area contributed by atoms with Gasteiger partial charge in [0, 0.05) is 18.9 Å². The lowest BCUT2D eigenvalue weighted by Crippen LogP contribution is -2.08. The van der Waals surface area contributed by atoms with E-state index in [-0.39, 0.29) is 29.8 Å². The molecule has 0 atom stereocenters. The first-order chi connectivity index (χ1) is 9.88. The molecule has 0 aliphatic rings. The minimum absolute atomic E-state index is 0.0110. The van der Waals surface area contributed by atoms with E-state index in [2.05, 4.69) is 4.74 Å². The summed E-state index contributed by atoms with van der Waals surface area (Å²) in [5, 5.41) is 9.95. The number of phenolic OH excluding ortho intramolecular Hbond substituents is 1. The summed E-state index contributed by atoms with van der Waals surface area (Å²) in [7, 11) is 2.77. The maximum atomic E-state index is 12.2. The number of ether oxygens (including phenoxy) is 2. The fourth-order valence-corrected chi connectivity index (χ4v) is 2.02. The Kier molecular flexibility index (Phi) is 6.21. The zero-order valence-electron chi connectivity index (χ0n) is 12.9. The first-order valence-corrected chi connectivity index (χ1v) is 6.88. The largest absolute Gasteiger partial charge is 0.508 e. The van der Waals surface area contributed by atoms with Crippen molar-refractivity contribution in [3.63, 3.8) is 0 Å². The van der Waals surface area contributed by atoms with Gasteiger partial charge in [-0.05, 0) is 24.0 Å². The second kappa shape index (κ2) is 7.67. The minimum Gasteiger partial charge on any atom is -0.508 e. The number of esters is 1. The Labute approximate surface area is 124 Å². The monoisotopic (exact) mass is 294 g/mol. The van der Waals surface area contributed by atoms with E-state index in [1.54, 1.807) is 6.07 Å². The Bertz CT molecular complexity index is 520. The molecule has 1 aromatic carbocycles. The van der Waals surface area contributed by atoms with Crippen LogP contribution in [0.4, 0.5) is 0 Å². The number of aryl methyl sites for hydroxylation is 1. The third kappa shape index (κ3) is 4.77. The van der Waals surface area contributed by atoms with Crippen molar-refractivity contribution < 1.29 is 24.2 Å². The van der Waals surface area contributed by atoms with E-state index in [1.807, 2.05) is 13.8 Å². The number of phenols is 1. The number of hydrogen-bond acceptors (Lipinski definition) is 5. The fraction of sp³-hybridized carbons (Fsp3) is 0.500. The van der Waals surface area contributed by atoms with E-state index in [1.165, 1.54) is 20.3 Å². The highest BCUT2D eigenvalue weighted by Gasteiger charge is 2.17. The van der Waals surface area contributed by atoms with Crippen LogP contribution in [0.1, 0.15) is 42.6 Å². The highest BCUT2D eigenvalue weighted by Crippen LogP contribution is 2.30. The van der Waals surface area contributed by atoms with Crippen LogP contribution in [0, 0.1) is 5.92 Å². The topological polar surface area (TPSA) is 72.8 Å². The first-order valence-electron chi connectivity index (χ1n) is 6.88. The average molecular weight is 294 g/mol. The average Bonchev–Trinajstić information content (AvgIpc) is 2.44. The lowest BCUT2D eigenvalue weighted by molar-refractivity contribution is -0.140. The van der Waals surface area contributed by atoms with Crippen LogP contribution in [-0.2, 0) is 16.0 Å². The molecule has 0 radical (unpaired) electrons. The summed E-state index contributed by atoms with van der Waals surface area (Å²) in [6, 6.07) is 3.02. The summed E-state index contributed by atoms with van der Waals surface area (Å²) in [5.74, 6) is 0.188. The van der Waals surface area contributed by atoms with E-state index >= 15 is 0 Å². The smallest absolute Gasteiger partial charge is 0.305 e. The summed E-state index contributed by atoms with van der Waals surface area (Å²) < 4.78 is 9.73. The van der Waals surface area contributed by atoms with Crippen LogP contribution in [0.3, 0.4) is 0 Å². The van der Waals surface area contributed by atoms with Crippen LogP contribution in [0.25, 0.3) is 0 Å². The number of benzene rings is 1. The third-order valence-electron chi connectivity index (χ3n) is 3.12. The summed E-state index contributed by atoms with van der Waals surface area (Å²) in [6.07, 6.45) is 0.857. The molecule has 0 unspecified atom stereocenters. The van der Waals surface area contributed by atoms with Gasteiger partial charge in [-0.2, -0.15) is 0 Å². The van der Waals surface area contributed by atoms with Crippen molar-refractivity contribution >= 4 is 11.8 Å². The second-order valence-electron chi connectivity index (χ2n) is 5.28. The Morgan fingerprint density at radius 3 is 2.43 bits per heavy atom. The van der Waals surface area contributed by atoms with E-state index < -0.39 is 0 Å². The predicted octanol–water partition coefficient (Wildman–Crippen LogP) is 2.74. The van der Waals surface area contributed by atoms with Gasteiger partial charge in [0.1, 0.15) is 11.5 Å². The molecule has 1 rings (SSSR count). The second-order valence-corrected chi connectivity index (χ2v) is 5.28. The maximum absolute atomic E-state index is 12.2. The number of rotatable bonds is 7. The van der Waals surface area contributed by atoms with Gasteiger partial charge in [-0.15, -0.1) is 0 Å². The highest BCUT2D eigenvalue weighted by molar-refractivity contribution is 5.99. The molecule has 0 amide bonds. The number of Topliss-reactive ketones (excluding diaryl/α,β-unsaturated/α-hetero) is 1. The predicted molar refractivity (Wildman–Crippen MR) is 78.8 cm³/mol. The van der Waals surface area contributed by atoms with Gasteiger partial charge in [0.2, 0.25) is 0 Å². The van der Waals surface area contributed by atoms with Crippen molar-refractivity contribution in [2.45, 2.75) is 33.1 Å². The van der Waals surface area contributed by atoms with Gasteiger partial charge >= 0.3 is 5.97 Å². The van der Waals surface area contributed by atoms with Gasteiger partial charge in [-0.25, -0.2) is 0 Å². The molecule has 0 aliphatic carbocycles. The molecule has 0 saturated carbocycles. The van der Waals surface area contributed by atoms with E-state index in [9.17, 15) is 14.7 Å². The third-order valence-corrected chi connectivity index (χ3v) is 3.12. The number of carbonyl (C=O) groups is 2. The van der Waals surface area contributed by atoms with Gasteiger partial charge in [-0.3, -0.25) is 9.59 Å². The summed E-state index contributed by atoms with van der Waals surface area (Å²) in [4.78, 5) is 23.4. The molecular weight excluding hydrogens is 272 g/mol. The number of aromatic hydroxyl groups is 1. The lowest BCUT2D eigenvalue weighted by atomic mass is 9.97. The molecule has 5 nitrogen and oxygen atoms in total. The van der Waals surface area contributed by atoms with Crippen LogP contribution in [0.2, 0.25) is 0 Å². The van der Waals surface area contributed by atoms with Crippen molar-refractivity contribution in [2.75, 3.05) is 14.2 Å². The van der Waals surface area contributed by atoms with Crippen molar-refractivity contribution in [3.8, 4) is 11.5 Å². The molecule has 0 bridgehead atoms. The first kappa shape index (κ1) is 17.0. The van der Waals surface area contributed by atoms with Crippen LogP contribution in [0.5, 0.6) is 11.5 Å². The Morgan fingerprint density at radius 2 is 1.90 bits per heavy atom. The minimum atomic E-state index is -0.361. The van der Waals surface area contributed by atoms with Crippen molar-refractivity contribution in [3.05, 3.63) is 23.3 Å². The number of carbonyl (C=O) groups excluding carboxylic acids is 2. The van der Waals surface area contributed by atoms with Crippen LogP contribution >= 0.6 is 0 Å². The number of methoxy groups -OCH3 is 2. The molecule has 1 N–H and O–H groups in total. The normalized spacial score (nSPS) is 10.5. The molecule has 0 aliphatic heterocycles. The van der Waals surface area contributed by atoms with Crippen LogP contribution in [-0.4, -0.2) is 31.1 Å². The van der Waals surface area contributed by atoms with E-state index in [0.717, 1.165) is 0 Å². The molecule has 0 fully saturated rings. The molecule has 21 heavy (non-hydrogen) atoms. The zero-order chi connectivity index (χ0) is 16.0. The summed E-state index contributed by atoms with van der Waals surface area (Å²) >= 11 is 0. The lowest BCUT2D eigenvalue weighted by Gasteiger charge is -2.13. The van der Waals surface area contributed by atoms with Gasteiger partial charge in [-0.1, -0.05) is 13.8 Å². The fourth-order valence-electron chi connectivity index (χ4n) is 2.02. The zero-order valence-corrected chi connectivity index (χ0v) is 12.9. The van der Waals surface area contributed by atoms with Gasteiger partial charge in [0.15, 0.2) is 5.78 Å². The van der Waals surface area contributed by atoms with Crippen molar-refractivity contribution in [1.82, 2.24) is 0 Å². The standard InChI is InChI=1S/C16H22O5/c1-10(2)7-14(18)12-8-11(5-6-16(19)21-4)13(17)9-15(12)20-3/h8-10,17H,5-7H2,1-4H3. The number of hydrogen-bond donors (Lipinski definition) is 1. The summed E-state index contributed by atoms with van der Waals surface area (Å²) in [6.45, 7) is 3.92. The Morgan fingerprint density at radius 1 is 1.24 bits per heavy atom. The van der Waals surface area contributed by atoms with Gasteiger partial charge in [0.25, 0.3) is 0 Å². The van der Waals surface area contributed by atoms with E-state index in [0.29, 0.717) is 29.7 Å². The van der Waals surface area contributed by atoms with Crippen molar-refractivity contribution in [2.24, 2.45) is 5.92 Å². The van der Waals surface area contributed by atoms with Crippen LogP contribution in [0.15, 0.2) is 12.1 Å². The molecule has 0 heterocycles. The quantitative estimate of drug-likeness (QED) is 0.618. The van der Waals surface area contributed by atoms with Crippen LogP contribution < -0.4 is 4.74 Å². The molecule has 116 valence electrons. The molecular formula is C16H22O5. The molecule has 5 heteroatoms. The SMILES string of the molecule is COC(=O)CCc1cc(C(=O)CC(C)C)c(OC)cc1O. The molecule has 0 aromatic heterocycles. The van der Waals surface area contributed by atoms with E-state index in [4.69, 9.17) is 4.74 Å². The number of ketones is 1. The van der Waals surface area contributed by atoms with Crippen molar-refractivity contribution in [1.29, 1.82) is 0 Å². The summed E-state index contributed by atoms with van der Waals surface area (Å²) in [5.41, 5.74) is 0.970. The molecule has 1 aromatic rings. The Balaban J connectivity index is 3.05.